The largest absolute Gasteiger partial charge is 0.457 e. The minimum atomic E-state index is -0.550. The second-order valence-electron chi connectivity index (χ2n) is 6.09. The van der Waals surface area contributed by atoms with Gasteiger partial charge in [0.25, 0.3) is 11.8 Å². The molecule has 2 amide bonds. The van der Waals surface area contributed by atoms with Crippen molar-refractivity contribution in [2.75, 3.05) is 6.61 Å². The van der Waals surface area contributed by atoms with Crippen LogP contribution in [0.5, 0.6) is 11.5 Å². The smallest absolute Gasteiger partial charge is 0.267 e. The molecule has 2 aromatic rings. The number of hydrogen-bond donors (Lipinski definition) is 2. The average Bonchev–Trinajstić information content (AvgIpc) is 3.18. The lowest BCUT2D eigenvalue weighted by Crippen LogP contribution is -2.48. The molecule has 2 N–H and O–H groups in total. The minimum Gasteiger partial charge on any atom is -0.457 e. The van der Waals surface area contributed by atoms with E-state index in [1.807, 2.05) is 48.5 Å². The molecular formula is C19H18N2O4. The lowest BCUT2D eigenvalue weighted by atomic mass is 9.87. The molecule has 2 aromatic carbocycles. The summed E-state index contributed by atoms with van der Waals surface area (Å²) in [7, 11) is 0. The summed E-state index contributed by atoms with van der Waals surface area (Å²) in [5.41, 5.74) is 6.55. The number of fused-ring (bicyclic) bond motifs is 2. The molecule has 0 aliphatic carbocycles. The summed E-state index contributed by atoms with van der Waals surface area (Å²) < 4.78 is 11.2. The van der Waals surface area contributed by atoms with Gasteiger partial charge in [-0.3, -0.25) is 20.4 Å². The van der Waals surface area contributed by atoms with Crippen molar-refractivity contribution in [1.29, 1.82) is 0 Å². The molecule has 1 fully saturated rings. The van der Waals surface area contributed by atoms with Crippen LogP contribution in [0.1, 0.15) is 29.9 Å². The number of nitrogens with one attached hydrogen (secondary N) is 2. The molecule has 0 aromatic heterocycles. The predicted octanol–water partition coefficient (Wildman–Crippen LogP) is 2.25. The number of carbonyl (C=O) groups excluding carboxylic acids is 2. The zero-order valence-corrected chi connectivity index (χ0v) is 13.5. The highest BCUT2D eigenvalue weighted by molar-refractivity contribution is 5.91. The molecule has 1 unspecified atom stereocenters. The fraction of sp³-hybridized carbons (Fsp3) is 0.263. The normalized spacial score (nSPS) is 18.6. The number of hydrazine groups is 1. The van der Waals surface area contributed by atoms with E-state index in [2.05, 4.69) is 10.9 Å². The number of amides is 2. The van der Waals surface area contributed by atoms with Gasteiger partial charge in [0.05, 0.1) is 5.92 Å². The fourth-order valence-electron chi connectivity index (χ4n) is 3.25. The van der Waals surface area contributed by atoms with Crippen molar-refractivity contribution >= 4 is 11.8 Å². The lowest BCUT2D eigenvalue weighted by Gasteiger charge is -2.27. The van der Waals surface area contributed by atoms with E-state index in [-0.39, 0.29) is 11.8 Å². The summed E-state index contributed by atoms with van der Waals surface area (Å²) in [6.07, 6.45) is 1.03. The minimum absolute atomic E-state index is 0.311. The quantitative estimate of drug-likeness (QED) is 0.824. The van der Waals surface area contributed by atoms with E-state index < -0.39 is 12.0 Å². The van der Waals surface area contributed by atoms with Gasteiger partial charge in [0.2, 0.25) is 0 Å². The lowest BCUT2D eigenvalue weighted by molar-refractivity contribution is -0.135. The third-order valence-corrected chi connectivity index (χ3v) is 4.47. The molecule has 0 saturated carbocycles. The molecule has 0 radical (unpaired) electrons. The second-order valence-corrected chi connectivity index (χ2v) is 6.09. The number of carbonyl (C=O) groups is 2. The Morgan fingerprint density at radius 1 is 0.880 bits per heavy atom. The molecule has 2 aliphatic heterocycles. The topological polar surface area (TPSA) is 76.7 Å². The van der Waals surface area contributed by atoms with Crippen LogP contribution >= 0.6 is 0 Å². The Labute approximate surface area is 145 Å². The number of para-hydroxylation sites is 2. The van der Waals surface area contributed by atoms with Crippen LogP contribution in [-0.4, -0.2) is 24.5 Å². The SMILES string of the molecule is O=C(NNC(=O)C1c2ccccc2Oc2ccccc21)C1CCCO1. The van der Waals surface area contributed by atoms with Crippen molar-refractivity contribution in [3.63, 3.8) is 0 Å². The molecule has 2 aliphatic rings. The standard InChI is InChI=1S/C19H18N2O4/c22-18(16-10-5-11-24-16)20-21-19(23)17-12-6-1-3-8-14(12)25-15-9-4-2-7-13(15)17/h1-4,6-9,16-17H,5,10-11H2,(H,20,22)(H,21,23). The van der Waals surface area contributed by atoms with Crippen LogP contribution in [0.3, 0.4) is 0 Å². The van der Waals surface area contributed by atoms with E-state index in [1.165, 1.54) is 0 Å². The van der Waals surface area contributed by atoms with Crippen molar-refractivity contribution < 1.29 is 19.1 Å². The molecule has 6 heteroatoms. The third kappa shape index (κ3) is 2.96. The van der Waals surface area contributed by atoms with Gasteiger partial charge in [-0.05, 0) is 25.0 Å². The molecule has 0 spiro atoms. The second kappa shape index (κ2) is 6.57. The Morgan fingerprint density at radius 3 is 2.08 bits per heavy atom. The first-order chi connectivity index (χ1) is 12.2. The number of benzene rings is 2. The zero-order valence-electron chi connectivity index (χ0n) is 13.5. The molecule has 1 atom stereocenters. The van der Waals surface area contributed by atoms with E-state index in [0.29, 0.717) is 24.5 Å². The monoisotopic (exact) mass is 338 g/mol. The molecule has 25 heavy (non-hydrogen) atoms. The molecule has 128 valence electrons. The summed E-state index contributed by atoms with van der Waals surface area (Å²) in [6.45, 7) is 0.576. The first-order valence-corrected chi connectivity index (χ1v) is 8.31. The fourth-order valence-corrected chi connectivity index (χ4v) is 3.25. The summed E-state index contributed by atoms with van der Waals surface area (Å²) in [6, 6.07) is 14.8. The van der Waals surface area contributed by atoms with Crippen LogP contribution in [0.4, 0.5) is 0 Å². The molecular weight excluding hydrogens is 320 g/mol. The van der Waals surface area contributed by atoms with Crippen LogP contribution in [-0.2, 0) is 14.3 Å². The molecule has 2 heterocycles. The summed E-state index contributed by atoms with van der Waals surface area (Å²) in [5, 5.41) is 0. The number of hydrogen-bond acceptors (Lipinski definition) is 4. The predicted molar refractivity (Wildman–Crippen MR) is 90.1 cm³/mol. The van der Waals surface area contributed by atoms with E-state index in [4.69, 9.17) is 9.47 Å². The van der Waals surface area contributed by atoms with Gasteiger partial charge in [-0.25, -0.2) is 0 Å². The van der Waals surface area contributed by atoms with Gasteiger partial charge in [-0.2, -0.15) is 0 Å². The summed E-state index contributed by atoms with van der Waals surface area (Å²) in [4.78, 5) is 24.9. The number of rotatable bonds is 2. The van der Waals surface area contributed by atoms with E-state index in [9.17, 15) is 9.59 Å². The van der Waals surface area contributed by atoms with Gasteiger partial charge in [0, 0.05) is 17.7 Å². The van der Waals surface area contributed by atoms with Gasteiger partial charge in [0.1, 0.15) is 17.6 Å². The average molecular weight is 338 g/mol. The maximum atomic E-state index is 12.8. The van der Waals surface area contributed by atoms with Crippen LogP contribution in [0.2, 0.25) is 0 Å². The third-order valence-electron chi connectivity index (χ3n) is 4.47. The van der Waals surface area contributed by atoms with Crippen molar-refractivity contribution in [3.05, 3.63) is 59.7 Å². The van der Waals surface area contributed by atoms with Gasteiger partial charge in [0.15, 0.2) is 0 Å². The maximum absolute atomic E-state index is 12.8. The first-order valence-electron chi connectivity index (χ1n) is 8.31. The number of ether oxygens (including phenoxy) is 2. The Bertz CT molecular complexity index is 769. The summed E-state index contributed by atoms with van der Waals surface area (Å²) in [5.74, 6) is 0.110. The van der Waals surface area contributed by atoms with Crippen molar-refractivity contribution in [1.82, 2.24) is 10.9 Å². The van der Waals surface area contributed by atoms with Crippen LogP contribution in [0, 0.1) is 0 Å². The van der Waals surface area contributed by atoms with Gasteiger partial charge >= 0.3 is 0 Å². The highest BCUT2D eigenvalue weighted by atomic mass is 16.5. The molecule has 1 saturated heterocycles. The Kier molecular flexibility index (Phi) is 4.11. The Hall–Kier alpha value is -2.86. The van der Waals surface area contributed by atoms with Crippen LogP contribution in [0.15, 0.2) is 48.5 Å². The van der Waals surface area contributed by atoms with E-state index in [1.54, 1.807) is 0 Å². The maximum Gasteiger partial charge on any atom is 0.267 e. The zero-order chi connectivity index (χ0) is 17.2. The Balaban J connectivity index is 1.56. The van der Waals surface area contributed by atoms with Crippen LogP contribution < -0.4 is 15.6 Å². The first kappa shape index (κ1) is 15.7. The summed E-state index contributed by atoms with van der Waals surface area (Å²) >= 11 is 0. The van der Waals surface area contributed by atoms with Crippen molar-refractivity contribution in [2.45, 2.75) is 24.9 Å². The van der Waals surface area contributed by atoms with Gasteiger partial charge < -0.3 is 9.47 Å². The van der Waals surface area contributed by atoms with Gasteiger partial charge in [-0.1, -0.05) is 36.4 Å². The highest BCUT2D eigenvalue weighted by Gasteiger charge is 2.33. The van der Waals surface area contributed by atoms with Crippen LogP contribution in [0.25, 0.3) is 0 Å². The Morgan fingerprint density at radius 2 is 1.48 bits per heavy atom. The van der Waals surface area contributed by atoms with Crippen molar-refractivity contribution in [3.8, 4) is 11.5 Å². The van der Waals surface area contributed by atoms with Crippen molar-refractivity contribution in [2.24, 2.45) is 0 Å². The van der Waals surface area contributed by atoms with Gasteiger partial charge in [-0.15, -0.1) is 0 Å². The van der Waals surface area contributed by atoms with E-state index >= 15 is 0 Å². The molecule has 4 rings (SSSR count). The highest BCUT2D eigenvalue weighted by Crippen LogP contribution is 2.43. The molecule has 0 bridgehead atoms. The molecule has 6 nitrogen and oxygen atoms in total. The van der Waals surface area contributed by atoms with E-state index in [0.717, 1.165) is 17.5 Å².